The molecule has 2 aromatic rings. The third-order valence-corrected chi connectivity index (χ3v) is 4.23. The molecule has 0 aliphatic carbocycles. The van der Waals surface area contributed by atoms with Gasteiger partial charge in [-0.05, 0) is 23.1 Å². The molecule has 1 saturated heterocycles. The van der Waals surface area contributed by atoms with Crippen molar-refractivity contribution in [3.8, 4) is 10.7 Å². The van der Waals surface area contributed by atoms with E-state index in [2.05, 4.69) is 15.4 Å². The van der Waals surface area contributed by atoms with Crippen molar-refractivity contribution < 1.29 is 14.7 Å². The summed E-state index contributed by atoms with van der Waals surface area (Å²) in [6.45, 7) is 0.688. The summed E-state index contributed by atoms with van der Waals surface area (Å²) in [5.41, 5.74) is 0. The Morgan fingerprint density at radius 3 is 3.00 bits per heavy atom. The molecule has 9 heteroatoms. The maximum Gasteiger partial charge on any atom is 0.308 e. The van der Waals surface area contributed by atoms with E-state index in [0.29, 0.717) is 18.8 Å². The number of carbonyl (C=O) groups excluding carboxylic acids is 1. The van der Waals surface area contributed by atoms with Crippen molar-refractivity contribution in [2.45, 2.75) is 13.0 Å². The maximum atomic E-state index is 12.1. The lowest BCUT2D eigenvalue weighted by molar-refractivity contribution is -0.141. The summed E-state index contributed by atoms with van der Waals surface area (Å²) in [7, 11) is 0. The van der Waals surface area contributed by atoms with Gasteiger partial charge in [-0.2, -0.15) is 4.80 Å². The predicted octanol–water partition coefficient (Wildman–Crippen LogP) is 0.335. The summed E-state index contributed by atoms with van der Waals surface area (Å²) >= 11 is 1.50. The average molecular weight is 307 g/mol. The summed E-state index contributed by atoms with van der Waals surface area (Å²) < 4.78 is 0. The van der Waals surface area contributed by atoms with Gasteiger partial charge < -0.3 is 10.0 Å². The maximum absolute atomic E-state index is 12.1. The minimum Gasteiger partial charge on any atom is -0.481 e. The number of aromatic nitrogens is 4. The number of amides is 1. The standard InChI is InChI=1S/C12H13N5O3S/c18-10(16-4-3-8(6-16)12(19)20)7-17-14-11(13-15-17)9-2-1-5-21-9/h1-2,5,8H,3-4,6-7H2,(H,19,20). The molecule has 0 spiro atoms. The molecule has 1 unspecified atom stereocenters. The number of carbonyl (C=O) groups is 2. The van der Waals surface area contributed by atoms with Crippen molar-refractivity contribution in [1.29, 1.82) is 0 Å². The van der Waals surface area contributed by atoms with Crippen LogP contribution >= 0.6 is 11.3 Å². The van der Waals surface area contributed by atoms with Crippen molar-refractivity contribution in [2.24, 2.45) is 5.92 Å². The molecule has 0 bridgehead atoms. The zero-order chi connectivity index (χ0) is 14.8. The van der Waals surface area contributed by atoms with Gasteiger partial charge >= 0.3 is 5.97 Å². The first-order chi connectivity index (χ1) is 10.1. The molecule has 3 rings (SSSR count). The molecule has 1 N–H and O–H groups in total. The molecule has 0 saturated carbocycles. The van der Waals surface area contributed by atoms with Crippen molar-refractivity contribution in [2.75, 3.05) is 13.1 Å². The van der Waals surface area contributed by atoms with E-state index in [1.54, 1.807) is 0 Å². The number of nitrogens with zero attached hydrogens (tertiary/aromatic N) is 5. The highest BCUT2D eigenvalue weighted by atomic mass is 32.1. The molecule has 1 aliphatic rings. The molecule has 0 radical (unpaired) electrons. The van der Waals surface area contributed by atoms with Gasteiger partial charge in [0.15, 0.2) is 0 Å². The number of likely N-dealkylation sites (tertiary alicyclic amines) is 1. The Bertz CT molecular complexity index is 654. The molecule has 1 amide bonds. The molecule has 3 heterocycles. The molecule has 2 aromatic heterocycles. The number of rotatable bonds is 4. The zero-order valence-corrected chi connectivity index (χ0v) is 11.9. The number of thiophene rings is 1. The third kappa shape index (κ3) is 2.92. The smallest absolute Gasteiger partial charge is 0.308 e. The van der Waals surface area contributed by atoms with Crippen LogP contribution in [-0.4, -0.2) is 55.2 Å². The lowest BCUT2D eigenvalue weighted by Crippen LogP contribution is -2.33. The van der Waals surface area contributed by atoms with Gasteiger partial charge in [0.25, 0.3) is 0 Å². The summed E-state index contributed by atoms with van der Waals surface area (Å²) in [5, 5.41) is 22.8. The summed E-state index contributed by atoms with van der Waals surface area (Å²) in [4.78, 5) is 26.6. The Hall–Kier alpha value is -2.29. The van der Waals surface area contributed by atoms with E-state index in [1.165, 1.54) is 21.0 Å². The number of hydrogen-bond acceptors (Lipinski definition) is 6. The first kappa shape index (κ1) is 13.7. The lowest BCUT2D eigenvalue weighted by atomic mass is 10.1. The molecule has 1 atom stereocenters. The van der Waals surface area contributed by atoms with E-state index in [0.717, 1.165) is 4.88 Å². The fourth-order valence-corrected chi connectivity index (χ4v) is 2.87. The van der Waals surface area contributed by atoms with Gasteiger partial charge in [0.05, 0.1) is 10.8 Å². The van der Waals surface area contributed by atoms with E-state index >= 15 is 0 Å². The Kier molecular flexibility index (Phi) is 3.65. The first-order valence-electron chi connectivity index (χ1n) is 6.46. The van der Waals surface area contributed by atoms with Crippen LogP contribution in [0, 0.1) is 5.92 Å². The van der Waals surface area contributed by atoms with Crippen LogP contribution in [0.4, 0.5) is 0 Å². The van der Waals surface area contributed by atoms with Crippen LogP contribution in [-0.2, 0) is 16.1 Å². The Labute approximate surface area is 124 Å². The van der Waals surface area contributed by atoms with Gasteiger partial charge in [0.1, 0.15) is 6.54 Å². The van der Waals surface area contributed by atoms with E-state index in [9.17, 15) is 9.59 Å². The van der Waals surface area contributed by atoms with Gasteiger partial charge in [-0.15, -0.1) is 21.5 Å². The Morgan fingerprint density at radius 2 is 2.33 bits per heavy atom. The minimum absolute atomic E-state index is 0.0231. The molecule has 0 aromatic carbocycles. The van der Waals surface area contributed by atoms with Crippen molar-refractivity contribution in [1.82, 2.24) is 25.1 Å². The molecule has 110 valence electrons. The Balaban J connectivity index is 1.62. The van der Waals surface area contributed by atoms with E-state index in [-0.39, 0.29) is 19.0 Å². The topological polar surface area (TPSA) is 101 Å². The van der Waals surface area contributed by atoms with Gasteiger partial charge in [0, 0.05) is 13.1 Å². The second-order valence-electron chi connectivity index (χ2n) is 4.78. The van der Waals surface area contributed by atoms with Gasteiger partial charge in [0.2, 0.25) is 11.7 Å². The van der Waals surface area contributed by atoms with E-state index in [1.807, 2.05) is 17.5 Å². The number of hydrogen-bond donors (Lipinski definition) is 1. The zero-order valence-electron chi connectivity index (χ0n) is 11.0. The van der Waals surface area contributed by atoms with Gasteiger partial charge in [-0.3, -0.25) is 9.59 Å². The summed E-state index contributed by atoms with van der Waals surface area (Å²) in [6.07, 6.45) is 0.492. The second-order valence-corrected chi connectivity index (χ2v) is 5.73. The van der Waals surface area contributed by atoms with E-state index in [4.69, 9.17) is 5.11 Å². The highest BCUT2D eigenvalue weighted by Crippen LogP contribution is 2.20. The van der Waals surface area contributed by atoms with Crippen molar-refractivity contribution >= 4 is 23.2 Å². The van der Waals surface area contributed by atoms with Crippen LogP contribution < -0.4 is 0 Å². The highest BCUT2D eigenvalue weighted by Gasteiger charge is 2.31. The lowest BCUT2D eigenvalue weighted by Gasteiger charge is -2.14. The average Bonchev–Trinajstić information content (AvgIpc) is 3.19. The van der Waals surface area contributed by atoms with Crippen LogP contribution in [0.25, 0.3) is 10.7 Å². The van der Waals surface area contributed by atoms with Crippen LogP contribution in [0.15, 0.2) is 17.5 Å². The first-order valence-corrected chi connectivity index (χ1v) is 7.33. The largest absolute Gasteiger partial charge is 0.481 e. The molecule has 1 aliphatic heterocycles. The highest BCUT2D eigenvalue weighted by molar-refractivity contribution is 7.13. The van der Waals surface area contributed by atoms with Gasteiger partial charge in [-0.25, -0.2) is 0 Å². The van der Waals surface area contributed by atoms with E-state index < -0.39 is 11.9 Å². The molecular formula is C12H13N5O3S. The summed E-state index contributed by atoms with van der Waals surface area (Å²) in [5.74, 6) is -1.03. The number of tetrazole rings is 1. The monoisotopic (exact) mass is 307 g/mol. The Morgan fingerprint density at radius 1 is 1.48 bits per heavy atom. The third-order valence-electron chi connectivity index (χ3n) is 3.36. The van der Waals surface area contributed by atoms with Crippen LogP contribution in [0.3, 0.4) is 0 Å². The SMILES string of the molecule is O=C(O)C1CCN(C(=O)Cn2nnc(-c3cccs3)n2)C1. The molecule has 8 nitrogen and oxygen atoms in total. The summed E-state index contributed by atoms with van der Waals surface area (Å²) in [6, 6.07) is 3.77. The normalized spacial score (nSPS) is 18.1. The van der Waals surface area contributed by atoms with Crippen LogP contribution in [0.1, 0.15) is 6.42 Å². The minimum atomic E-state index is -0.857. The molecular weight excluding hydrogens is 294 g/mol. The van der Waals surface area contributed by atoms with Crippen LogP contribution in [0.5, 0.6) is 0 Å². The number of carboxylic acid groups (broad SMARTS) is 1. The second kappa shape index (κ2) is 5.60. The van der Waals surface area contributed by atoms with Gasteiger partial charge in [-0.1, -0.05) is 6.07 Å². The predicted molar refractivity (Wildman–Crippen MR) is 73.5 cm³/mol. The van der Waals surface area contributed by atoms with Crippen LogP contribution in [0.2, 0.25) is 0 Å². The fourth-order valence-electron chi connectivity index (χ4n) is 2.22. The molecule has 21 heavy (non-hydrogen) atoms. The van der Waals surface area contributed by atoms with Crippen molar-refractivity contribution in [3.05, 3.63) is 17.5 Å². The van der Waals surface area contributed by atoms with Crippen molar-refractivity contribution in [3.63, 3.8) is 0 Å². The quantitative estimate of drug-likeness (QED) is 0.873. The molecule has 1 fully saturated rings. The fraction of sp³-hybridized carbons (Fsp3) is 0.417. The number of carboxylic acids is 1. The number of aliphatic carboxylic acids is 1.